The molecule has 2 aliphatic rings. The summed E-state index contributed by atoms with van der Waals surface area (Å²) in [6.07, 6.45) is 2.97. The Balaban J connectivity index is 2.03. The van der Waals surface area contributed by atoms with Crippen molar-refractivity contribution in [3.8, 4) is 0 Å². The van der Waals surface area contributed by atoms with Gasteiger partial charge in [-0.05, 0) is 19.3 Å². The van der Waals surface area contributed by atoms with Crippen molar-refractivity contribution in [1.29, 1.82) is 0 Å². The van der Waals surface area contributed by atoms with Crippen molar-refractivity contribution in [2.75, 3.05) is 24.6 Å². The Hall–Kier alpha value is -0.620. The number of carbonyl (C=O) groups is 1. The van der Waals surface area contributed by atoms with Gasteiger partial charge < -0.3 is 5.11 Å². The highest BCUT2D eigenvalue weighted by Gasteiger charge is 2.45. The summed E-state index contributed by atoms with van der Waals surface area (Å²) in [4.78, 5) is 12.9. The summed E-state index contributed by atoms with van der Waals surface area (Å²) in [5.41, 5.74) is -0.248. The van der Waals surface area contributed by atoms with Crippen molar-refractivity contribution in [2.24, 2.45) is 0 Å². The third-order valence-electron chi connectivity index (χ3n) is 3.78. The summed E-state index contributed by atoms with van der Waals surface area (Å²) in [5.74, 6) is -0.434. The van der Waals surface area contributed by atoms with E-state index >= 15 is 0 Å². The summed E-state index contributed by atoms with van der Waals surface area (Å²) in [6, 6.07) is 0. The average molecular weight is 247 g/mol. The van der Waals surface area contributed by atoms with Crippen LogP contribution in [0.3, 0.4) is 0 Å². The van der Waals surface area contributed by atoms with Crippen molar-refractivity contribution in [3.63, 3.8) is 0 Å². The van der Waals surface area contributed by atoms with E-state index in [1.165, 1.54) is 0 Å². The standard InChI is InChI=1S/C10H17NO4S/c12-9(13)8-10(2-1-3-10)11-4-6-16(14,15)7-5-11/h1-8H2,(H,12,13). The van der Waals surface area contributed by atoms with E-state index in [-0.39, 0.29) is 23.5 Å². The maximum absolute atomic E-state index is 11.3. The molecule has 0 bridgehead atoms. The third kappa shape index (κ3) is 2.22. The van der Waals surface area contributed by atoms with E-state index in [1.54, 1.807) is 0 Å². The molecule has 1 saturated heterocycles. The van der Waals surface area contributed by atoms with Gasteiger partial charge in [-0.2, -0.15) is 0 Å². The van der Waals surface area contributed by atoms with Crippen LogP contribution in [0.25, 0.3) is 0 Å². The zero-order valence-corrected chi connectivity index (χ0v) is 10.0. The first-order valence-corrected chi connectivity index (χ1v) is 7.43. The molecule has 1 aliphatic carbocycles. The molecule has 0 amide bonds. The summed E-state index contributed by atoms with van der Waals surface area (Å²) in [7, 11) is -2.88. The summed E-state index contributed by atoms with van der Waals surface area (Å²) in [5, 5.41) is 8.90. The molecule has 0 spiro atoms. The molecule has 1 saturated carbocycles. The fraction of sp³-hybridized carbons (Fsp3) is 0.900. The molecular weight excluding hydrogens is 230 g/mol. The number of rotatable bonds is 3. The first-order chi connectivity index (χ1) is 7.44. The number of carboxylic acid groups (broad SMARTS) is 1. The highest BCUT2D eigenvalue weighted by Crippen LogP contribution is 2.41. The first kappa shape index (κ1) is 11.9. The minimum Gasteiger partial charge on any atom is -0.481 e. The lowest BCUT2D eigenvalue weighted by molar-refractivity contribution is -0.142. The Morgan fingerprint density at radius 3 is 2.19 bits per heavy atom. The molecule has 1 heterocycles. The van der Waals surface area contributed by atoms with Gasteiger partial charge in [-0.25, -0.2) is 8.42 Å². The molecule has 1 aliphatic heterocycles. The van der Waals surface area contributed by atoms with E-state index in [2.05, 4.69) is 4.90 Å². The number of nitrogens with zero attached hydrogens (tertiary/aromatic N) is 1. The summed E-state index contributed by atoms with van der Waals surface area (Å²) < 4.78 is 22.6. The molecule has 0 aromatic heterocycles. The van der Waals surface area contributed by atoms with Crippen molar-refractivity contribution >= 4 is 15.8 Å². The lowest BCUT2D eigenvalue weighted by Gasteiger charge is -2.51. The molecule has 0 aromatic carbocycles. The molecule has 0 unspecified atom stereocenters. The Morgan fingerprint density at radius 2 is 1.81 bits per heavy atom. The molecular formula is C10H17NO4S. The molecule has 92 valence electrons. The van der Waals surface area contributed by atoms with Gasteiger partial charge in [0.05, 0.1) is 17.9 Å². The molecule has 16 heavy (non-hydrogen) atoms. The smallest absolute Gasteiger partial charge is 0.305 e. The average Bonchev–Trinajstić information content (AvgIpc) is 2.11. The Labute approximate surface area is 95.4 Å². The largest absolute Gasteiger partial charge is 0.481 e. The Kier molecular flexibility index (Phi) is 2.96. The van der Waals surface area contributed by atoms with Crippen molar-refractivity contribution in [3.05, 3.63) is 0 Å². The van der Waals surface area contributed by atoms with E-state index in [0.29, 0.717) is 13.1 Å². The first-order valence-electron chi connectivity index (χ1n) is 5.61. The zero-order valence-electron chi connectivity index (χ0n) is 9.18. The number of hydrogen-bond acceptors (Lipinski definition) is 4. The third-order valence-corrected chi connectivity index (χ3v) is 5.39. The monoisotopic (exact) mass is 247 g/mol. The molecule has 1 N–H and O–H groups in total. The van der Waals surface area contributed by atoms with Gasteiger partial charge in [-0.1, -0.05) is 0 Å². The predicted octanol–water partition coefficient (Wildman–Crippen LogP) is 0.114. The predicted molar refractivity (Wildman–Crippen MR) is 59.1 cm³/mol. The van der Waals surface area contributed by atoms with Crippen molar-refractivity contribution < 1.29 is 18.3 Å². The molecule has 2 rings (SSSR count). The Bertz CT molecular complexity index is 372. The number of hydrogen-bond donors (Lipinski definition) is 1. The van der Waals surface area contributed by atoms with Crippen LogP contribution in [0.2, 0.25) is 0 Å². The van der Waals surface area contributed by atoms with Gasteiger partial charge >= 0.3 is 5.97 Å². The van der Waals surface area contributed by atoms with Gasteiger partial charge in [0.2, 0.25) is 0 Å². The van der Waals surface area contributed by atoms with Crippen LogP contribution >= 0.6 is 0 Å². The second-order valence-electron chi connectivity index (χ2n) is 4.79. The van der Waals surface area contributed by atoms with Crippen LogP contribution in [0.4, 0.5) is 0 Å². The lowest BCUT2D eigenvalue weighted by Crippen LogP contribution is -2.59. The topological polar surface area (TPSA) is 74.7 Å². The molecule has 0 atom stereocenters. The molecule has 6 heteroatoms. The van der Waals surface area contributed by atoms with Crippen LogP contribution < -0.4 is 0 Å². The van der Waals surface area contributed by atoms with Gasteiger partial charge in [-0.3, -0.25) is 9.69 Å². The van der Waals surface area contributed by atoms with E-state index < -0.39 is 15.8 Å². The fourth-order valence-corrected chi connectivity index (χ4v) is 3.86. The van der Waals surface area contributed by atoms with Gasteiger partial charge in [0.1, 0.15) is 0 Å². The number of aliphatic carboxylic acids is 1. The molecule has 2 fully saturated rings. The Morgan fingerprint density at radius 1 is 1.25 bits per heavy atom. The van der Waals surface area contributed by atoms with Gasteiger partial charge in [0, 0.05) is 18.6 Å². The minimum absolute atomic E-state index is 0.146. The normalized spacial score (nSPS) is 28.2. The van der Waals surface area contributed by atoms with E-state index in [1.807, 2.05) is 0 Å². The lowest BCUT2D eigenvalue weighted by atomic mass is 9.73. The zero-order chi connectivity index (χ0) is 11.8. The van der Waals surface area contributed by atoms with Crippen LogP contribution in [0.1, 0.15) is 25.7 Å². The van der Waals surface area contributed by atoms with Crippen LogP contribution in [0.5, 0.6) is 0 Å². The van der Waals surface area contributed by atoms with Crippen LogP contribution in [-0.2, 0) is 14.6 Å². The van der Waals surface area contributed by atoms with Crippen LogP contribution in [0.15, 0.2) is 0 Å². The van der Waals surface area contributed by atoms with Gasteiger partial charge in [0.25, 0.3) is 0 Å². The van der Waals surface area contributed by atoms with E-state index in [9.17, 15) is 13.2 Å². The summed E-state index contributed by atoms with van der Waals surface area (Å²) in [6.45, 7) is 0.991. The van der Waals surface area contributed by atoms with Crippen molar-refractivity contribution in [2.45, 2.75) is 31.2 Å². The quantitative estimate of drug-likeness (QED) is 0.766. The number of carboxylic acids is 1. The number of sulfone groups is 1. The summed E-state index contributed by atoms with van der Waals surface area (Å²) >= 11 is 0. The molecule has 0 radical (unpaired) electrons. The highest BCUT2D eigenvalue weighted by molar-refractivity contribution is 7.91. The van der Waals surface area contributed by atoms with Gasteiger partial charge in [-0.15, -0.1) is 0 Å². The second kappa shape index (κ2) is 4.00. The maximum Gasteiger partial charge on any atom is 0.305 e. The minimum atomic E-state index is -2.88. The van der Waals surface area contributed by atoms with Gasteiger partial charge in [0.15, 0.2) is 9.84 Å². The second-order valence-corrected chi connectivity index (χ2v) is 7.09. The van der Waals surface area contributed by atoms with Crippen LogP contribution in [-0.4, -0.2) is 54.5 Å². The van der Waals surface area contributed by atoms with Crippen LogP contribution in [0, 0.1) is 0 Å². The van der Waals surface area contributed by atoms with Crippen molar-refractivity contribution in [1.82, 2.24) is 4.90 Å². The fourth-order valence-electron chi connectivity index (χ4n) is 2.66. The van der Waals surface area contributed by atoms with E-state index in [0.717, 1.165) is 19.3 Å². The molecule has 0 aromatic rings. The molecule has 5 nitrogen and oxygen atoms in total. The highest BCUT2D eigenvalue weighted by atomic mass is 32.2. The maximum atomic E-state index is 11.3. The SMILES string of the molecule is O=C(O)CC1(N2CCS(=O)(=O)CC2)CCC1. The van der Waals surface area contributed by atoms with E-state index in [4.69, 9.17) is 5.11 Å².